The Morgan fingerprint density at radius 1 is 1.16 bits per heavy atom. The number of hydrogen-bond donors (Lipinski definition) is 1. The number of ether oxygens (including phenoxy) is 2. The van der Waals surface area contributed by atoms with Crippen LogP contribution in [0.3, 0.4) is 0 Å². The number of terminal acetylenes is 2. The van der Waals surface area contributed by atoms with Crippen molar-refractivity contribution in [1.29, 1.82) is 0 Å². The zero-order chi connectivity index (χ0) is 19.2. The summed E-state index contributed by atoms with van der Waals surface area (Å²) in [6.45, 7) is 5.05. The highest BCUT2D eigenvalue weighted by Gasteiger charge is 2.55. The van der Waals surface area contributed by atoms with Crippen molar-refractivity contribution in [2.45, 2.75) is 38.6 Å². The average Bonchev–Trinajstić information content (AvgIpc) is 3.13. The fourth-order valence-corrected chi connectivity index (χ4v) is 3.21. The van der Waals surface area contributed by atoms with Crippen molar-refractivity contribution >= 4 is 12.0 Å². The van der Waals surface area contributed by atoms with Gasteiger partial charge in [-0.2, -0.15) is 0 Å². The lowest BCUT2D eigenvalue weighted by atomic mass is 10.2. The van der Waals surface area contributed by atoms with Crippen LogP contribution in [0.15, 0.2) is 0 Å². The second kappa shape index (κ2) is 13.1. The smallest absolute Gasteiger partial charge is 0.407 e. The number of fused-ring (bicyclic) bond motifs is 1. The molecule has 140 valence electrons. The lowest BCUT2D eigenvalue weighted by Crippen LogP contribution is -2.40. The number of amides is 2. The number of piperidine rings is 1. The Morgan fingerprint density at radius 2 is 1.76 bits per heavy atom. The number of carbonyl (C=O) groups excluding carboxylic acids is 2. The molecule has 25 heavy (non-hydrogen) atoms. The second-order valence-electron chi connectivity index (χ2n) is 5.91. The summed E-state index contributed by atoms with van der Waals surface area (Å²) in [6, 6.07) is 0.428. The summed E-state index contributed by atoms with van der Waals surface area (Å²) in [7, 11) is 1.29. The third-order valence-electron chi connectivity index (χ3n) is 4.54. The average molecular weight is 350 g/mol. The minimum Gasteiger partial charge on any atom is -0.453 e. The maximum Gasteiger partial charge on any atom is 0.407 e. The number of carbonyl (C=O) groups is 2. The Bertz CT molecular complexity index is 426. The Hall–Kier alpha value is -2.18. The van der Waals surface area contributed by atoms with Crippen molar-refractivity contribution in [2.24, 2.45) is 11.8 Å². The first-order valence-corrected chi connectivity index (χ1v) is 8.51. The van der Waals surface area contributed by atoms with E-state index in [9.17, 15) is 9.59 Å². The minimum absolute atomic E-state index is 0.00255. The van der Waals surface area contributed by atoms with Gasteiger partial charge in [-0.25, -0.2) is 4.79 Å². The van der Waals surface area contributed by atoms with Crippen LogP contribution in [0.1, 0.15) is 32.6 Å². The molecule has 3 atom stereocenters. The summed E-state index contributed by atoms with van der Waals surface area (Å²) in [5.41, 5.74) is 0. The Kier molecular flexibility index (Phi) is 12.0. The van der Waals surface area contributed by atoms with E-state index in [2.05, 4.69) is 42.7 Å². The van der Waals surface area contributed by atoms with Crippen LogP contribution in [0, 0.1) is 37.5 Å². The van der Waals surface area contributed by atoms with Gasteiger partial charge in [-0.1, -0.05) is 6.92 Å². The van der Waals surface area contributed by atoms with Crippen LogP contribution in [0.25, 0.3) is 0 Å². The van der Waals surface area contributed by atoms with Gasteiger partial charge >= 0.3 is 6.09 Å². The van der Waals surface area contributed by atoms with E-state index >= 15 is 0 Å². The molecule has 0 spiro atoms. The van der Waals surface area contributed by atoms with Gasteiger partial charge in [-0.15, -0.1) is 25.7 Å². The van der Waals surface area contributed by atoms with E-state index in [4.69, 9.17) is 4.74 Å². The van der Waals surface area contributed by atoms with E-state index in [1.54, 1.807) is 0 Å². The Morgan fingerprint density at radius 3 is 2.12 bits per heavy atom. The van der Waals surface area contributed by atoms with Gasteiger partial charge in [0.1, 0.15) is 6.54 Å². The predicted molar refractivity (Wildman–Crippen MR) is 97.6 cm³/mol. The monoisotopic (exact) mass is 350 g/mol. The molecule has 1 N–H and O–H groups in total. The molecule has 2 heterocycles. The fourth-order valence-electron chi connectivity index (χ4n) is 3.21. The number of alkyl carbamates (subject to hydrolysis) is 1. The molecular weight excluding hydrogens is 320 g/mol. The van der Waals surface area contributed by atoms with E-state index in [1.807, 2.05) is 4.90 Å². The predicted octanol–water partition coefficient (Wildman–Crippen LogP) is 1.89. The number of nitrogens with zero attached hydrogens (tertiary/aromatic N) is 1. The number of nitrogens with one attached hydrogen (secondary N) is 1. The molecule has 2 aliphatic heterocycles. The molecule has 6 nitrogen and oxygen atoms in total. The highest BCUT2D eigenvalue weighted by atomic mass is 16.5. The summed E-state index contributed by atoms with van der Waals surface area (Å²) < 4.78 is 9.47. The van der Waals surface area contributed by atoms with Crippen molar-refractivity contribution in [3.8, 4) is 25.7 Å². The fraction of sp³-hybridized carbons (Fsp3) is 0.684. The van der Waals surface area contributed by atoms with E-state index in [1.165, 1.54) is 26.4 Å². The molecule has 2 unspecified atom stereocenters. The van der Waals surface area contributed by atoms with E-state index < -0.39 is 6.09 Å². The lowest BCUT2D eigenvalue weighted by molar-refractivity contribution is -0.130. The zero-order valence-electron chi connectivity index (χ0n) is 15.3. The molecule has 0 aromatic rings. The molecular formula is C19H30N2O4. The van der Waals surface area contributed by atoms with Crippen molar-refractivity contribution in [2.75, 3.05) is 33.4 Å². The number of rotatable bonds is 2. The van der Waals surface area contributed by atoms with Gasteiger partial charge in [0.05, 0.1) is 7.11 Å². The van der Waals surface area contributed by atoms with Crippen LogP contribution >= 0.6 is 0 Å². The van der Waals surface area contributed by atoms with Crippen LogP contribution in [0.5, 0.6) is 0 Å². The third kappa shape index (κ3) is 7.49. The van der Waals surface area contributed by atoms with Crippen LogP contribution in [0.4, 0.5) is 4.79 Å². The lowest BCUT2D eigenvalue weighted by Gasteiger charge is -2.19. The van der Waals surface area contributed by atoms with Crippen molar-refractivity contribution in [3.63, 3.8) is 0 Å². The number of methoxy groups -OCH3 is 1. The molecule has 0 radical (unpaired) electrons. The van der Waals surface area contributed by atoms with Gasteiger partial charge in [-0.3, -0.25) is 4.79 Å². The first-order valence-electron chi connectivity index (χ1n) is 8.51. The molecule has 1 aliphatic carbocycles. The normalized spacial score (nSPS) is 25.2. The number of hydrogen-bond acceptors (Lipinski definition) is 4. The molecule has 2 saturated heterocycles. The maximum absolute atomic E-state index is 11.7. The van der Waals surface area contributed by atoms with Crippen LogP contribution in [0.2, 0.25) is 0 Å². The van der Waals surface area contributed by atoms with Gasteiger partial charge in [0, 0.05) is 25.8 Å². The van der Waals surface area contributed by atoms with Crippen molar-refractivity contribution in [1.82, 2.24) is 10.2 Å². The summed E-state index contributed by atoms with van der Waals surface area (Å²) >= 11 is 0. The van der Waals surface area contributed by atoms with Gasteiger partial charge in [0.25, 0.3) is 0 Å². The van der Waals surface area contributed by atoms with E-state index in [-0.39, 0.29) is 12.5 Å². The molecule has 0 aromatic carbocycles. The van der Waals surface area contributed by atoms with Crippen LogP contribution in [-0.4, -0.2) is 56.4 Å². The van der Waals surface area contributed by atoms with Gasteiger partial charge < -0.3 is 19.7 Å². The highest BCUT2D eigenvalue weighted by Crippen LogP contribution is 2.50. The van der Waals surface area contributed by atoms with Crippen LogP contribution in [-0.2, 0) is 14.3 Å². The molecule has 0 bridgehead atoms. The molecule has 3 fully saturated rings. The van der Waals surface area contributed by atoms with Crippen LogP contribution < -0.4 is 5.32 Å². The SMILES string of the molecule is C#C.C#C.C1CCOCC1.COC(=O)NCC(=O)N1CCC2C1[C@@H]2C. The maximum atomic E-state index is 11.7. The molecule has 2 amide bonds. The minimum atomic E-state index is -0.553. The standard InChI is InChI=1S/C10H16N2O3.C5H10O.2C2H2/c1-6-7-3-4-12(9(6)7)8(13)5-11-10(14)15-2;1-2-4-6-5-3-1;2*1-2/h6-7,9H,3-5H2,1-2H3,(H,11,14);1-5H2;2*1-2H/t6-,7?,9?;;;/m1.../s1. The topological polar surface area (TPSA) is 67.9 Å². The zero-order valence-corrected chi connectivity index (χ0v) is 15.3. The van der Waals surface area contributed by atoms with E-state index in [0.717, 1.165) is 26.2 Å². The highest BCUT2D eigenvalue weighted by molar-refractivity contribution is 5.83. The number of likely N-dealkylation sites (tertiary alicyclic amines) is 1. The Labute approximate surface area is 151 Å². The molecule has 0 aromatic heterocycles. The van der Waals surface area contributed by atoms with Gasteiger partial charge in [0.2, 0.25) is 5.91 Å². The summed E-state index contributed by atoms with van der Waals surface area (Å²) in [4.78, 5) is 24.4. The van der Waals surface area contributed by atoms with Gasteiger partial charge in [0.15, 0.2) is 0 Å². The quantitative estimate of drug-likeness (QED) is 0.773. The second-order valence-corrected chi connectivity index (χ2v) is 5.91. The largest absolute Gasteiger partial charge is 0.453 e. The van der Waals surface area contributed by atoms with Crippen molar-refractivity contribution in [3.05, 3.63) is 0 Å². The summed E-state index contributed by atoms with van der Waals surface area (Å²) in [6.07, 6.45) is 20.5. The van der Waals surface area contributed by atoms with Gasteiger partial charge in [-0.05, 0) is 37.5 Å². The van der Waals surface area contributed by atoms with E-state index in [0.29, 0.717) is 17.9 Å². The molecule has 3 rings (SSSR count). The molecule has 1 saturated carbocycles. The molecule has 3 aliphatic rings. The first-order chi connectivity index (χ1) is 12.1. The summed E-state index contributed by atoms with van der Waals surface area (Å²) in [5.74, 6) is 1.34. The third-order valence-corrected chi connectivity index (χ3v) is 4.54. The molecule has 6 heteroatoms. The Balaban J connectivity index is 0.000000481. The van der Waals surface area contributed by atoms with Crippen molar-refractivity contribution < 1.29 is 19.1 Å². The first kappa shape index (κ1) is 22.8. The summed E-state index contributed by atoms with van der Waals surface area (Å²) in [5, 5.41) is 2.41.